The first-order valence-electron chi connectivity index (χ1n) is 6.10. The van der Waals surface area contributed by atoms with Crippen molar-refractivity contribution in [2.24, 2.45) is 5.41 Å². The van der Waals surface area contributed by atoms with Crippen LogP contribution in [-0.2, 0) is 4.79 Å². The number of hydrogen-bond donors (Lipinski definition) is 2. The Morgan fingerprint density at radius 1 is 1.56 bits per heavy atom. The van der Waals surface area contributed by atoms with Crippen molar-refractivity contribution in [3.63, 3.8) is 0 Å². The molecule has 0 radical (unpaired) electrons. The van der Waals surface area contributed by atoms with Crippen molar-refractivity contribution >= 4 is 5.91 Å². The predicted molar refractivity (Wildman–Crippen MR) is 65.9 cm³/mol. The molecule has 1 heterocycles. The molecule has 1 rings (SSSR count). The minimum Gasteiger partial charge on any atom is -0.342 e. The zero-order valence-corrected chi connectivity index (χ0v) is 10.3. The van der Waals surface area contributed by atoms with Crippen LogP contribution in [0.3, 0.4) is 0 Å². The summed E-state index contributed by atoms with van der Waals surface area (Å²) in [6.45, 7) is 5.93. The Balaban J connectivity index is 2.53. The van der Waals surface area contributed by atoms with Gasteiger partial charge in [-0.3, -0.25) is 4.79 Å². The van der Waals surface area contributed by atoms with Crippen molar-refractivity contribution in [2.75, 3.05) is 13.1 Å². The summed E-state index contributed by atoms with van der Waals surface area (Å²) in [6.07, 6.45) is 9.04. The van der Waals surface area contributed by atoms with Crippen LogP contribution in [-0.4, -0.2) is 25.0 Å². The molecule has 0 aromatic carbocycles. The van der Waals surface area contributed by atoms with Gasteiger partial charge >= 0.3 is 0 Å². The van der Waals surface area contributed by atoms with Crippen molar-refractivity contribution in [1.29, 1.82) is 0 Å². The minimum atomic E-state index is -0.242. The third-order valence-corrected chi connectivity index (χ3v) is 3.34. The minimum absolute atomic E-state index is 0.107. The van der Waals surface area contributed by atoms with Gasteiger partial charge in [0.25, 0.3) is 0 Å². The highest BCUT2D eigenvalue weighted by Gasteiger charge is 2.35. The lowest BCUT2D eigenvalue weighted by Crippen LogP contribution is -2.48. The lowest BCUT2D eigenvalue weighted by molar-refractivity contribution is -0.132. The molecule has 2 N–H and O–H groups in total. The molecule has 1 unspecified atom stereocenters. The number of hydrogen-bond acceptors (Lipinski definition) is 2. The third kappa shape index (κ3) is 3.24. The highest BCUT2D eigenvalue weighted by atomic mass is 16.2. The Bertz CT molecular complexity index is 274. The molecule has 1 amide bonds. The van der Waals surface area contributed by atoms with Gasteiger partial charge in [-0.1, -0.05) is 26.2 Å². The van der Waals surface area contributed by atoms with Gasteiger partial charge in [0, 0.05) is 5.41 Å². The van der Waals surface area contributed by atoms with Crippen molar-refractivity contribution in [2.45, 2.75) is 45.6 Å². The van der Waals surface area contributed by atoms with Crippen LogP contribution >= 0.6 is 0 Å². The first kappa shape index (κ1) is 13.1. The molecular weight excluding hydrogens is 200 g/mol. The van der Waals surface area contributed by atoms with Crippen LogP contribution in [0.4, 0.5) is 0 Å². The maximum absolute atomic E-state index is 12.1. The fourth-order valence-electron chi connectivity index (χ4n) is 2.02. The number of carbonyl (C=O) groups excluding carboxylic acids is 1. The summed E-state index contributed by atoms with van der Waals surface area (Å²) >= 11 is 0. The molecule has 1 aliphatic rings. The fraction of sp³-hybridized carbons (Fsp3) is 0.769. The molecular formula is C13H22N2O. The lowest BCUT2D eigenvalue weighted by Gasteiger charge is -2.33. The normalized spacial score (nSPS) is 20.8. The summed E-state index contributed by atoms with van der Waals surface area (Å²) in [4.78, 5) is 12.1. The van der Waals surface area contributed by atoms with Crippen LogP contribution in [0.5, 0.6) is 0 Å². The molecule has 16 heavy (non-hydrogen) atoms. The van der Waals surface area contributed by atoms with Gasteiger partial charge in [0.1, 0.15) is 0 Å². The monoisotopic (exact) mass is 222 g/mol. The van der Waals surface area contributed by atoms with E-state index in [1.807, 2.05) is 6.92 Å². The van der Waals surface area contributed by atoms with Gasteiger partial charge in [0.05, 0.1) is 6.04 Å². The zero-order valence-electron chi connectivity index (χ0n) is 10.3. The van der Waals surface area contributed by atoms with Crippen molar-refractivity contribution < 1.29 is 4.79 Å². The number of rotatable bonds is 4. The van der Waals surface area contributed by atoms with Crippen LogP contribution in [0.1, 0.15) is 39.5 Å². The Hall–Kier alpha value is -1.01. The molecule has 90 valence electrons. The molecule has 0 spiro atoms. The molecule has 0 aromatic rings. The second-order valence-electron chi connectivity index (χ2n) is 4.79. The van der Waals surface area contributed by atoms with Gasteiger partial charge in [-0.05, 0) is 32.4 Å². The van der Waals surface area contributed by atoms with Crippen LogP contribution in [0, 0.1) is 17.8 Å². The van der Waals surface area contributed by atoms with E-state index in [0.29, 0.717) is 0 Å². The van der Waals surface area contributed by atoms with E-state index in [1.165, 1.54) is 0 Å². The Morgan fingerprint density at radius 2 is 2.19 bits per heavy atom. The molecule has 0 aliphatic carbocycles. The molecule has 0 aromatic heterocycles. The summed E-state index contributed by atoms with van der Waals surface area (Å²) in [5, 5.41) is 6.24. The predicted octanol–water partition coefficient (Wildman–Crippen LogP) is 1.29. The second kappa shape index (κ2) is 5.91. The van der Waals surface area contributed by atoms with Gasteiger partial charge in [0.15, 0.2) is 0 Å². The van der Waals surface area contributed by atoms with Crippen LogP contribution in [0.2, 0.25) is 0 Å². The summed E-state index contributed by atoms with van der Waals surface area (Å²) in [7, 11) is 0. The molecule has 3 nitrogen and oxygen atoms in total. The van der Waals surface area contributed by atoms with E-state index in [9.17, 15) is 4.79 Å². The zero-order chi connectivity index (χ0) is 12.0. The number of carbonyl (C=O) groups is 1. The number of amides is 1. The largest absolute Gasteiger partial charge is 0.342 e. The van der Waals surface area contributed by atoms with Crippen LogP contribution in [0.15, 0.2) is 0 Å². The number of terminal acetylenes is 1. The molecule has 3 heteroatoms. The second-order valence-corrected chi connectivity index (χ2v) is 4.79. The van der Waals surface area contributed by atoms with E-state index in [4.69, 9.17) is 6.42 Å². The Kier molecular flexibility index (Phi) is 4.82. The van der Waals surface area contributed by atoms with E-state index in [-0.39, 0.29) is 17.4 Å². The van der Waals surface area contributed by atoms with E-state index in [1.54, 1.807) is 0 Å². The van der Waals surface area contributed by atoms with E-state index in [0.717, 1.165) is 38.8 Å². The molecule has 1 atom stereocenters. The highest BCUT2D eigenvalue weighted by Crippen LogP contribution is 2.28. The third-order valence-electron chi connectivity index (χ3n) is 3.34. The molecule has 1 aliphatic heterocycles. The first-order valence-corrected chi connectivity index (χ1v) is 6.10. The SMILES string of the molecule is C#CC(CCC)NC(=O)C1(C)CCNCC1. The summed E-state index contributed by atoms with van der Waals surface area (Å²) in [5.74, 6) is 2.76. The summed E-state index contributed by atoms with van der Waals surface area (Å²) < 4.78 is 0. The smallest absolute Gasteiger partial charge is 0.227 e. The average molecular weight is 222 g/mol. The highest BCUT2D eigenvalue weighted by molar-refractivity contribution is 5.82. The lowest BCUT2D eigenvalue weighted by atomic mass is 9.80. The fourth-order valence-corrected chi connectivity index (χ4v) is 2.02. The van der Waals surface area contributed by atoms with Crippen molar-refractivity contribution in [1.82, 2.24) is 10.6 Å². The van der Waals surface area contributed by atoms with Gasteiger partial charge < -0.3 is 10.6 Å². The Labute approximate surface area is 98.4 Å². The van der Waals surface area contributed by atoms with E-state index < -0.39 is 0 Å². The average Bonchev–Trinajstić information content (AvgIpc) is 2.29. The van der Waals surface area contributed by atoms with Crippen molar-refractivity contribution in [3.8, 4) is 12.3 Å². The topological polar surface area (TPSA) is 41.1 Å². The van der Waals surface area contributed by atoms with Gasteiger partial charge in [-0.2, -0.15) is 0 Å². The first-order chi connectivity index (χ1) is 7.62. The quantitative estimate of drug-likeness (QED) is 0.704. The molecule has 0 bridgehead atoms. The molecule has 1 saturated heterocycles. The van der Waals surface area contributed by atoms with Gasteiger partial charge in [0.2, 0.25) is 5.91 Å². The van der Waals surface area contributed by atoms with Crippen LogP contribution in [0.25, 0.3) is 0 Å². The van der Waals surface area contributed by atoms with Gasteiger partial charge in [-0.15, -0.1) is 6.42 Å². The van der Waals surface area contributed by atoms with E-state index in [2.05, 4.69) is 23.5 Å². The molecule has 1 fully saturated rings. The summed E-state index contributed by atoms with van der Waals surface area (Å²) in [5.41, 5.74) is -0.242. The van der Waals surface area contributed by atoms with Crippen LogP contribution < -0.4 is 10.6 Å². The maximum Gasteiger partial charge on any atom is 0.227 e. The molecule has 0 saturated carbocycles. The van der Waals surface area contributed by atoms with Crippen molar-refractivity contribution in [3.05, 3.63) is 0 Å². The van der Waals surface area contributed by atoms with E-state index >= 15 is 0 Å². The summed E-state index contributed by atoms with van der Waals surface area (Å²) in [6, 6.07) is -0.107. The van der Waals surface area contributed by atoms with Gasteiger partial charge in [-0.25, -0.2) is 0 Å². The standard InChI is InChI=1S/C13H22N2O/c1-4-6-11(5-2)15-12(16)13(3)7-9-14-10-8-13/h2,11,14H,4,6-10H2,1,3H3,(H,15,16). The number of nitrogens with one attached hydrogen (secondary N) is 2. The Morgan fingerprint density at radius 3 is 2.69 bits per heavy atom. The maximum atomic E-state index is 12.1. The number of piperidine rings is 1.